The van der Waals surface area contributed by atoms with Crippen molar-refractivity contribution in [3.63, 3.8) is 0 Å². The predicted molar refractivity (Wildman–Crippen MR) is 47.5 cm³/mol. The van der Waals surface area contributed by atoms with E-state index in [1.54, 1.807) is 13.3 Å². The molecule has 0 aliphatic carbocycles. The maximum Gasteiger partial charge on any atom is 0.139 e. The zero-order valence-corrected chi connectivity index (χ0v) is 7.59. The van der Waals surface area contributed by atoms with Crippen LogP contribution in [0.5, 0.6) is 0 Å². The maximum absolute atomic E-state index is 4.96. The van der Waals surface area contributed by atoms with Crippen molar-refractivity contribution in [2.45, 2.75) is 13.8 Å². The fraction of sp³-hybridized carbons (Fsp3) is 0.333. The van der Waals surface area contributed by atoms with Crippen LogP contribution < -0.4 is 0 Å². The lowest BCUT2D eigenvalue weighted by Crippen LogP contribution is -1.98. The fourth-order valence-corrected chi connectivity index (χ4v) is 0.968. The third-order valence-electron chi connectivity index (χ3n) is 1.58. The van der Waals surface area contributed by atoms with Crippen molar-refractivity contribution < 1.29 is 4.74 Å². The third kappa shape index (κ3) is 1.61. The standard InChI is InChI=1S/C9H12N2O/c1-6-5-10-9(7(2)11-6)8(3)12-4/h5H,3H2,1-2,4H3. The zero-order valence-electron chi connectivity index (χ0n) is 7.59. The molecule has 64 valence electrons. The molecule has 0 unspecified atom stereocenters. The lowest BCUT2D eigenvalue weighted by molar-refractivity contribution is 0.369. The lowest BCUT2D eigenvalue weighted by Gasteiger charge is -2.05. The van der Waals surface area contributed by atoms with Gasteiger partial charge in [-0.15, -0.1) is 0 Å². The minimum absolute atomic E-state index is 0.556. The summed E-state index contributed by atoms with van der Waals surface area (Å²) in [7, 11) is 1.57. The lowest BCUT2D eigenvalue weighted by atomic mass is 10.3. The smallest absolute Gasteiger partial charge is 0.139 e. The normalized spacial score (nSPS) is 9.58. The Bertz CT molecular complexity index is 307. The third-order valence-corrected chi connectivity index (χ3v) is 1.58. The quantitative estimate of drug-likeness (QED) is 0.624. The predicted octanol–water partition coefficient (Wildman–Crippen LogP) is 1.71. The summed E-state index contributed by atoms with van der Waals surface area (Å²) in [6, 6.07) is 0. The van der Waals surface area contributed by atoms with Gasteiger partial charge < -0.3 is 4.74 Å². The van der Waals surface area contributed by atoms with Gasteiger partial charge in [0.25, 0.3) is 0 Å². The number of hydrogen-bond donors (Lipinski definition) is 0. The van der Waals surface area contributed by atoms with E-state index < -0.39 is 0 Å². The van der Waals surface area contributed by atoms with E-state index in [1.165, 1.54) is 0 Å². The van der Waals surface area contributed by atoms with Gasteiger partial charge in [-0.05, 0) is 13.8 Å². The van der Waals surface area contributed by atoms with E-state index >= 15 is 0 Å². The number of aryl methyl sites for hydroxylation is 2. The van der Waals surface area contributed by atoms with E-state index in [1.807, 2.05) is 13.8 Å². The summed E-state index contributed by atoms with van der Waals surface area (Å²) >= 11 is 0. The van der Waals surface area contributed by atoms with Gasteiger partial charge in [0.05, 0.1) is 18.5 Å². The van der Waals surface area contributed by atoms with Crippen LogP contribution in [0.1, 0.15) is 17.1 Å². The largest absolute Gasteiger partial charge is 0.495 e. The first-order chi connectivity index (χ1) is 5.65. The van der Waals surface area contributed by atoms with E-state index in [0.29, 0.717) is 5.76 Å². The van der Waals surface area contributed by atoms with Crippen LogP contribution in [0.2, 0.25) is 0 Å². The van der Waals surface area contributed by atoms with Crippen molar-refractivity contribution >= 4 is 5.76 Å². The van der Waals surface area contributed by atoms with Crippen LogP contribution in [0.25, 0.3) is 5.76 Å². The molecule has 1 heterocycles. The number of rotatable bonds is 2. The minimum Gasteiger partial charge on any atom is -0.495 e. The molecule has 3 heteroatoms. The molecule has 1 rings (SSSR count). The van der Waals surface area contributed by atoms with E-state index in [9.17, 15) is 0 Å². The first-order valence-electron chi connectivity index (χ1n) is 3.68. The molecule has 0 aromatic carbocycles. The number of methoxy groups -OCH3 is 1. The first kappa shape index (κ1) is 8.71. The van der Waals surface area contributed by atoms with Crippen LogP contribution >= 0.6 is 0 Å². The number of nitrogens with zero attached hydrogens (tertiary/aromatic N) is 2. The molecule has 0 atom stereocenters. The molecule has 0 saturated carbocycles. The first-order valence-corrected chi connectivity index (χ1v) is 3.68. The summed E-state index contributed by atoms with van der Waals surface area (Å²) in [6.45, 7) is 7.50. The average molecular weight is 164 g/mol. The van der Waals surface area contributed by atoms with Gasteiger partial charge in [0.2, 0.25) is 0 Å². The number of hydrogen-bond acceptors (Lipinski definition) is 3. The summed E-state index contributed by atoms with van der Waals surface area (Å²) in [5.74, 6) is 0.556. The van der Waals surface area contributed by atoms with Crippen LogP contribution in [0.3, 0.4) is 0 Å². The molecule has 0 saturated heterocycles. The molecule has 1 aromatic rings. The van der Waals surface area contributed by atoms with E-state index in [0.717, 1.165) is 17.1 Å². The monoisotopic (exact) mass is 164 g/mol. The average Bonchev–Trinajstić information content (AvgIpc) is 2.03. The highest BCUT2D eigenvalue weighted by molar-refractivity contribution is 5.55. The molecule has 0 aliphatic heterocycles. The molecule has 0 spiro atoms. The molecule has 0 amide bonds. The molecule has 0 N–H and O–H groups in total. The van der Waals surface area contributed by atoms with Gasteiger partial charge in [0.15, 0.2) is 0 Å². The summed E-state index contributed by atoms with van der Waals surface area (Å²) < 4.78 is 4.96. The molecular formula is C9H12N2O. The van der Waals surface area contributed by atoms with Gasteiger partial charge in [0, 0.05) is 6.20 Å². The van der Waals surface area contributed by atoms with Crippen molar-refractivity contribution in [2.24, 2.45) is 0 Å². The van der Waals surface area contributed by atoms with Crippen molar-refractivity contribution in [3.05, 3.63) is 29.9 Å². The van der Waals surface area contributed by atoms with Crippen molar-refractivity contribution in [1.82, 2.24) is 9.97 Å². The SMILES string of the molecule is C=C(OC)c1ncc(C)nc1C. The topological polar surface area (TPSA) is 35.0 Å². The maximum atomic E-state index is 4.96. The van der Waals surface area contributed by atoms with Gasteiger partial charge in [-0.25, -0.2) is 4.98 Å². The molecule has 0 aliphatic rings. The molecule has 12 heavy (non-hydrogen) atoms. The van der Waals surface area contributed by atoms with E-state index in [2.05, 4.69) is 16.5 Å². The second kappa shape index (κ2) is 3.34. The van der Waals surface area contributed by atoms with Gasteiger partial charge in [0.1, 0.15) is 11.5 Å². The van der Waals surface area contributed by atoms with E-state index in [-0.39, 0.29) is 0 Å². The summed E-state index contributed by atoms with van der Waals surface area (Å²) in [6.07, 6.45) is 1.70. The highest BCUT2D eigenvalue weighted by Gasteiger charge is 2.04. The van der Waals surface area contributed by atoms with Crippen LogP contribution in [-0.2, 0) is 4.74 Å². The van der Waals surface area contributed by atoms with Gasteiger partial charge in [-0.1, -0.05) is 6.58 Å². The van der Waals surface area contributed by atoms with E-state index in [4.69, 9.17) is 4.74 Å². The number of ether oxygens (including phenoxy) is 1. The highest BCUT2D eigenvalue weighted by atomic mass is 16.5. The Hall–Kier alpha value is -1.38. The second-order valence-corrected chi connectivity index (χ2v) is 2.57. The summed E-state index contributed by atoms with van der Waals surface area (Å²) in [5.41, 5.74) is 2.48. The Morgan fingerprint density at radius 1 is 1.50 bits per heavy atom. The molecule has 1 aromatic heterocycles. The molecule has 0 fully saturated rings. The van der Waals surface area contributed by atoms with Gasteiger partial charge >= 0.3 is 0 Å². The molecule has 0 bridgehead atoms. The summed E-state index contributed by atoms with van der Waals surface area (Å²) in [5, 5.41) is 0. The summed E-state index contributed by atoms with van der Waals surface area (Å²) in [4.78, 5) is 8.40. The Morgan fingerprint density at radius 3 is 2.67 bits per heavy atom. The fourth-order valence-electron chi connectivity index (χ4n) is 0.968. The Labute approximate surface area is 72.1 Å². The van der Waals surface area contributed by atoms with Gasteiger partial charge in [-0.3, -0.25) is 4.98 Å². The Morgan fingerprint density at radius 2 is 2.17 bits per heavy atom. The van der Waals surface area contributed by atoms with Crippen molar-refractivity contribution in [1.29, 1.82) is 0 Å². The minimum atomic E-state index is 0.556. The van der Waals surface area contributed by atoms with Crippen LogP contribution in [0.4, 0.5) is 0 Å². The Kier molecular flexibility index (Phi) is 2.43. The molecule has 0 radical (unpaired) electrons. The van der Waals surface area contributed by atoms with Crippen LogP contribution in [0.15, 0.2) is 12.8 Å². The van der Waals surface area contributed by atoms with Crippen molar-refractivity contribution in [3.8, 4) is 0 Å². The van der Waals surface area contributed by atoms with Crippen molar-refractivity contribution in [2.75, 3.05) is 7.11 Å². The zero-order chi connectivity index (χ0) is 9.14. The van der Waals surface area contributed by atoms with Gasteiger partial charge in [-0.2, -0.15) is 0 Å². The number of aromatic nitrogens is 2. The second-order valence-electron chi connectivity index (χ2n) is 2.57. The van der Waals surface area contributed by atoms with Crippen LogP contribution in [-0.4, -0.2) is 17.1 Å². The van der Waals surface area contributed by atoms with Crippen LogP contribution in [0, 0.1) is 13.8 Å². The highest BCUT2D eigenvalue weighted by Crippen LogP contribution is 2.12. The molecule has 3 nitrogen and oxygen atoms in total. The molecular weight excluding hydrogens is 152 g/mol. The Balaban J connectivity index is 3.09.